The lowest BCUT2D eigenvalue weighted by molar-refractivity contribution is -0.131. The van der Waals surface area contributed by atoms with Gasteiger partial charge in [-0.3, -0.25) is 24.0 Å². The molecule has 1 aromatic heterocycles. The summed E-state index contributed by atoms with van der Waals surface area (Å²) in [6.07, 6.45) is 12.8. The standard InChI is InChI=1S/C38H56N6O7.C34H58N6O9/c1-25(2)34(42-32(46)12-8-7-9-20-44-26(3)13-18-33(44)47)31(45)21-28(11-10-19-40-36(39)49)35(48)41-30-16-14-27(15-17-30)24-51-37(50)43-22-29(23-43)38(4,5)6;1-29-5-6-32(41)40(29)28-31-27-39(37-36-31)12-14-44-16-18-46-20-22-48-24-26-49-25-23-47-21-19-45-17-15-43-13-9-35-33(42)38-10-7-30(8-11-38)34(2,3)4/h13-18,25,28-29,34H,3,7-12,19-24H2,1-2,4-6H3,(H,41,48)(H,42,46)(H3,39,40,49);5-6,27,30H,1,7-26,28H2,2-4H3,(H,35,42)/t28-,34+;/m1./s1. The monoisotopic (exact) mass is 1400 g/mol. The highest BCUT2D eigenvalue weighted by atomic mass is 16.6. The van der Waals surface area contributed by atoms with E-state index in [0.717, 1.165) is 44.3 Å². The molecule has 28 nitrogen and oxygen atoms in total. The Bertz CT molecular complexity index is 2910. The zero-order chi connectivity index (χ0) is 72.9. The van der Waals surface area contributed by atoms with Crippen LogP contribution >= 0.6 is 0 Å². The van der Waals surface area contributed by atoms with E-state index in [2.05, 4.69) is 86.3 Å². The summed E-state index contributed by atoms with van der Waals surface area (Å²) in [4.78, 5) is 106. The molecule has 6 N–H and O–H groups in total. The first kappa shape index (κ1) is 83.1. The van der Waals surface area contributed by atoms with Gasteiger partial charge < -0.3 is 84.5 Å². The number of piperidine rings is 1. The largest absolute Gasteiger partial charge is 0.445 e. The van der Waals surface area contributed by atoms with E-state index in [9.17, 15) is 38.4 Å². The second-order valence-corrected chi connectivity index (χ2v) is 27.8. The van der Waals surface area contributed by atoms with Crippen LogP contribution < -0.4 is 27.0 Å². The predicted molar refractivity (Wildman–Crippen MR) is 377 cm³/mol. The van der Waals surface area contributed by atoms with E-state index >= 15 is 0 Å². The number of primary amides is 1. The third kappa shape index (κ3) is 31.9. The number of likely N-dealkylation sites (tertiary alicyclic amines) is 2. The number of Topliss-reactive ketones (excluding diaryl/α,β-unsaturated/α-hetero) is 1. The molecule has 2 saturated heterocycles. The minimum Gasteiger partial charge on any atom is -0.445 e. The van der Waals surface area contributed by atoms with Crippen molar-refractivity contribution >= 4 is 53.3 Å². The molecule has 9 amide bonds. The van der Waals surface area contributed by atoms with Crippen LogP contribution in [0.5, 0.6) is 0 Å². The number of anilines is 1. The van der Waals surface area contributed by atoms with E-state index < -0.39 is 18.0 Å². The first-order valence-corrected chi connectivity index (χ1v) is 35.3. The smallest absolute Gasteiger partial charge is 0.410 e. The summed E-state index contributed by atoms with van der Waals surface area (Å²) in [5, 5.41) is 19.4. The fourth-order valence-electron chi connectivity index (χ4n) is 11.2. The van der Waals surface area contributed by atoms with E-state index in [1.165, 1.54) is 12.2 Å². The molecule has 100 heavy (non-hydrogen) atoms. The highest BCUT2D eigenvalue weighted by molar-refractivity contribution is 5.97. The average molecular weight is 1400 g/mol. The van der Waals surface area contributed by atoms with Crippen molar-refractivity contribution in [2.24, 2.45) is 40.2 Å². The molecule has 28 heteroatoms. The Morgan fingerprint density at radius 1 is 0.630 bits per heavy atom. The number of ketones is 1. The predicted octanol–water partition coefficient (Wildman–Crippen LogP) is 7.15. The molecule has 0 saturated carbocycles. The van der Waals surface area contributed by atoms with Crippen LogP contribution in [0, 0.1) is 34.5 Å². The summed E-state index contributed by atoms with van der Waals surface area (Å²) in [5.41, 5.74) is 8.91. The molecule has 2 atom stereocenters. The summed E-state index contributed by atoms with van der Waals surface area (Å²) in [6, 6.07) is 5.49. The van der Waals surface area contributed by atoms with Gasteiger partial charge in [0.1, 0.15) is 12.3 Å². The quantitative estimate of drug-likeness (QED) is 0.0411. The number of allylic oxidation sites excluding steroid dienone is 2. The van der Waals surface area contributed by atoms with Crippen molar-refractivity contribution in [3.63, 3.8) is 0 Å². The molecule has 0 radical (unpaired) electrons. The fourth-order valence-corrected chi connectivity index (χ4v) is 11.2. The zero-order valence-electron chi connectivity index (χ0n) is 60.6. The van der Waals surface area contributed by atoms with Crippen LogP contribution in [0.4, 0.5) is 20.1 Å². The van der Waals surface area contributed by atoms with E-state index in [0.29, 0.717) is 191 Å². The highest BCUT2D eigenvalue weighted by Gasteiger charge is 2.39. The summed E-state index contributed by atoms with van der Waals surface area (Å²) < 4.78 is 45.8. The molecule has 4 aliphatic rings. The Morgan fingerprint density at radius 2 is 1.17 bits per heavy atom. The van der Waals surface area contributed by atoms with Gasteiger partial charge in [0.05, 0.1) is 118 Å². The van der Waals surface area contributed by atoms with Crippen molar-refractivity contribution in [1.29, 1.82) is 0 Å². The number of hydrogen-bond acceptors (Lipinski definition) is 18. The molecular weight excluding hydrogens is 1290 g/mol. The number of amides is 9. The normalized spacial score (nSPS) is 15.7. The number of ether oxygens (including phenoxy) is 8. The van der Waals surface area contributed by atoms with Gasteiger partial charge in [0.15, 0.2) is 5.78 Å². The van der Waals surface area contributed by atoms with Crippen molar-refractivity contribution < 1.29 is 76.3 Å². The fraction of sp³-hybridized carbons (Fsp3) is 0.667. The average Bonchev–Trinajstić information content (AvgIpc) is 1.08. The number of hydrogen-bond donors (Lipinski definition) is 5. The van der Waals surface area contributed by atoms with Crippen molar-refractivity contribution in [2.75, 3.05) is 144 Å². The lowest BCUT2D eigenvalue weighted by atomic mass is 9.75. The SMILES string of the molecule is C=C1C=CC(=O)N1CCCCCC(=O)N[C@H](C(=O)C[C@@H](CCCNC(N)=O)C(=O)Nc1ccc(COC(=O)N2CC(C(C)(C)C)C2)cc1)C(C)C.C=C1C=CC(=O)N1Cc1cn(CCOCCOCCOCCOCCOCCOCCOCCNC(=O)N2CCC(C(C)(C)C)CC2)nn1. The van der Waals surface area contributed by atoms with Gasteiger partial charge in [0.25, 0.3) is 11.8 Å². The van der Waals surface area contributed by atoms with Crippen LogP contribution in [0.1, 0.15) is 124 Å². The number of nitrogens with one attached hydrogen (secondary N) is 4. The molecule has 0 bridgehead atoms. The maximum absolute atomic E-state index is 13.5. The van der Waals surface area contributed by atoms with Gasteiger partial charge in [-0.05, 0) is 97.0 Å². The molecular formula is C72H114N12O16. The molecule has 0 spiro atoms. The molecule has 558 valence electrons. The molecule has 6 rings (SSSR count). The number of rotatable bonds is 45. The van der Waals surface area contributed by atoms with Gasteiger partial charge in [-0.25, -0.2) is 19.1 Å². The van der Waals surface area contributed by atoms with Crippen molar-refractivity contribution in [3.05, 3.63) is 90.6 Å². The second-order valence-electron chi connectivity index (χ2n) is 27.8. The lowest BCUT2D eigenvalue weighted by Gasteiger charge is -2.45. The lowest BCUT2D eigenvalue weighted by Crippen LogP contribution is -2.54. The van der Waals surface area contributed by atoms with Crippen molar-refractivity contribution in [2.45, 2.75) is 139 Å². The van der Waals surface area contributed by atoms with Gasteiger partial charge >= 0.3 is 18.2 Å². The minimum atomic E-state index is -0.772. The number of aromatic nitrogens is 3. The summed E-state index contributed by atoms with van der Waals surface area (Å²) in [6.45, 7) is 36.7. The third-order valence-corrected chi connectivity index (χ3v) is 17.6. The summed E-state index contributed by atoms with van der Waals surface area (Å²) in [7, 11) is 0. The number of urea groups is 2. The van der Waals surface area contributed by atoms with E-state index in [1.807, 2.05) is 18.7 Å². The van der Waals surface area contributed by atoms with Crippen LogP contribution in [0.15, 0.2) is 79.3 Å². The van der Waals surface area contributed by atoms with Gasteiger partial charge in [0, 0.05) is 93.8 Å². The number of unbranched alkanes of at least 4 members (excludes halogenated alkanes) is 2. The van der Waals surface area contributed by atoms with Crippen LogP contribution in [0.2, 0.25) is 0 Å². The first-order valence-electron chi connectivity index (χ1n) is 35.3. The Kier molecular flexibility index (Phi) is 37.1. The van der Waals surface area contributed by atoms with Gasteiger partial charge in [-0.1, -0.05) is 92.3 Å². The van der Waals surface area contributed by atoms with Crippen LogP contribution in [-0.4, -0.2) is 227 Å². The molecule has 0 aliphatic carbocycles. The molecule has 5 heterocycles. The minimum absolute atomic E-state index is 0.00217. The molecule has 0 unspecified atom stereocenters. The van der Waals surface area contributed by atoms with Gasteiger partial charge in [-0.2, -0.15) is 0 Å². The molecule has 2 fully saturated rings. The zero-order valence-corrected chi connectivity index (χ0v) is 60.6. The Hall–Kier alpha value is -7.60. The number of benzene rings is 1. The number of carbonyl (C=O) groups is 8. The Morgan fingerprint density at radius 3 is 1.69 bits per heavy atom. The molecule has 1 aromatic carbocycles. The Balaban J connectivity index is 0.000000361. The maximum Gasteiger partial charge on any atom is 0.410 e. The van der Waals surface area contributed by atoms with Crippen molar-refractivity contribution in [3.8, 4) is 0 Å². The molecule has 2 aromatic rings. The third-order valence-electron chi connectivity index (χ3n) is 17.6. The van der Waals surface area contributed by atoms with E-state index in [-0.39, 0.29) is 78.9 Å². The summed E-state index contributed by atoms with van der Waals surface area (Å²) in [5.74, 6) is -0.869. The van der Waals surface area contributed by atoms with Crippen LogP contribution in [0.3, 0.4) is 0 Å². The van der Waals surface area contributed by atoms with Crippen molar-refractivity contribution in [1.82, 2.24) is 50.5 Å². The highest BCUT2D eigenvalue weighted by Crippen LogP contribution is 2.35. The van der Waals surface area contributed by atoms with Gasteiger partial charge in [0.2, 0.25) is 11.8 Å². The van der Waals surface area contributed by atoms with E-state index in [1.54, 1.807) is 62.0 Å². The van der Waals surface area contributed by atoms with Gasteiger partial charge in [-0.15, -0.1) is 5.10 Å². The molecule has 4 aliphatic heterocycles. The topological polar surface area (TPSA) is 328 Å². The summed E-state index contributed by atoms with van der Waals surface area (Å²) >= 11 is 0. The van der Waals surface area contributed by atoms with Crippen LogP contribution in [-0.2, 0) is 81.6 Å². The number of carbonyl (C=O) groups excluding carboxylic acids is 8. The second kappa shape index (κ2) is 44.6. The first-order chi connectivity index (χ1) is 47.8. The number of nitrogens with two attached hydrogens (primary N) is 1. The maximum atomic E-state index is 13.5. The van der Waals surface area contributed by atoms with E-state index in [4.69, 9.17) is 43.6 Å². The number of nitrogens with zero attached hydrogens (tertiary/aromatic N) is 7. The Labute approximate surface area is 591 Å². The van der Waals surface area contributed by atoms with Crippen LogP contribution in [0.25, 0.3) is 0 Å².